The smallest absolute Gasteiger partial charge is 0.164 e. The maximum absolute atomic E-state index is 6.45. The van der Waals surface area contributed by atoms with Gasteiger partial charge in [0.1, 0.15) is 11.2 Å². The lowest BCUT2D eigenvalue weighted by atomic mass is 9.81. The van der Waals surface area contributed by atoms with Crippen molar-refractivity contribution in [1.29, 1.82) is 0 Å². The van der Waals surface area contributed by atoms with Gasteiger partial charge in [-0.05, 0) is 91.7 Å². The summed E-state index contributed by atoms with van der Waals surface area (Å²) in [5.41, 5.74) is 14.6. The van der Waals surface area contributed by atoms with Crippen LogP contribution in [0.1, 0.15) is 25.0 Å². The van der Waals surface area contributed by atoms with E-state index >= 15 is 0 Å². The second kappa shape index (κ2) is 12.4. The number of hydrogen-bond acceptors (Lipinski definition) is 4. The molecule has 2 heterocycles. The van der Waals surface area contributed by atoms with Gasteiger partial charge in [0.15, 0.2) is 17.5 Å². The van der Waals surface area contributed by atoms with Crippen LogP contribution in [0, 0.1) is 0 Å². The predicted molar refractivity (Wildman–Crippen MR) is 229 cm³/mol. The van der Waals surface area contributed by atoms with Gasteiger partial charge in [-0.15, -0.1) is 0 Å². The minimum absolute atomic E-state index is 0.0304. The van der Waals surface area contributed by atoms with E-state index in [0.29, 0.717) is 17.5 Å². The lowest BCUT2D eigenvalue weighted by Gasteiger charge is -2.22. The number of hydrogen-bond donors (Lipinski definition) is 0. The van der Waals surface area contributed by atoms with Gasteiger partial charge >= 0.3 is 0 Å². The van der Waals surface area contributed by atoms with Crippen molar-refractivity contribution in [3.05, 3.63) is 187 Å². The molecule has 0 fully saturated rings. The number of aromatic nitrogens is 3. The van der Waals surface area contributed by atoms with E-state index in [-0.39, 0.29) is 5.41 Å². The zero-order valence-electron chi connectivity index (χ0n) is 31.0. The fourth-order valence-electron chi connectivity index (χ4n) is 8.61. The third-order valence-corrected chi connectivity index (χ3v) is 11.5. The van der Waals surface area contributed by atoms with Gasteiger partial charge in [0, 0.05) is 32.9 Å². The highest BCUT2D eigenvalue weighted by molar-refractivity contribution is 6.13. The summed E-state index contributed by atoms with van der Waals surface area (Å²) >= 11 is 0. The molecule has 1 aliphatic rings. The fourth-order valence-corrected chi connectivity index (χ4v) is 8.61. The van der Waals surface area contributed by atoms with Crippen LogP contribution >= 0.6 is 0 Å². The van der Waals surface area contributed by atoms with E-state index < -0.39 is 0 Å². The van der Waals surface area contributed by atoms with Crippen LogP contribution in [0.3, 0.4) is 0 Å². The van der Waals surface area contributed by atoms with E-state index in [0.717, 1.165) is 49.8 Å². The summed E-state index contributed by atoms with van der Waals surface area (Å²) < 4.78 is 6.45. The fraction of sp³-hybridized carbons (Fsp3) is 0.0577. The summed E-state index contributed by atoms with van der Waals surface area (Å²) in [6.07, 6.45) is 0. The molecule has 11 rings (SSSR count). The average molecular weight is 718 g/mol. The Labute approximate surface area is 324 Å². The molecule has 264 valence electrons. The highest BCUT2D eigenvalue weighted by Crippen LogP contribution is 2.49. The topological polar surface area (TPSA) is 51.8 Å². The van der Waals surface area contributed by atoms with E-state index in [4.69, 9.17) is 19.4 Å². The number of benzene rings is 8. The van der Waals surface area contributed by atoms with Gasteiger partial charge in [-0.25, -0.2) is 15.0 Å². The second-order valence-corrected chi connectivity index (χ2v) is 15.2. The predicted octanol–water partition coefficient (Wildman–Crippen LogP) is 13.6. The maximum atomic E-state index is 6.45. The molecule has 1 aliphatic carbocycles. The van der Waals surface area contributed by atoms with E-state index in [1.54, 1.807) is 0 Å². The van der Waals surface area contributed by atoms with Crippen molar-refractivity contribution in [1.82, 2.24) is 15.0 Å². The summed E-state index contributed by atoms with van der Waals surface area (Å²) in [5.74, 6) is 1.86. The molecular weight excluding hydrogens is 683 g/mol. The van der Waals surface area contributed by atoms with E-state index in [1.165, 1.54) is 44.2 Å². The SMILES string of the molecule is CC1(C)c2ccccc2-c2ccc(-c3ccc4cc(-c5ccc6oc7cccc(-c8nc(-c9ccccc9)nc(-c9ccccc9)n8)c7c6c5)ccc4c3)cc21. The zero-order valence-corrected chi connectivity index (χ0v) is 31.0. The number of nitrogens with zero attached hydrogens (tertiary/aromatic N) is 3. The van der Waals surface area contributed by atoms with Gasteiger partial charge in [-0.1, -0.05) is 153 Å². The lowest BCUT2D eigenvalue weighted by molar-refractivity contribution is 0.660. The molecule has 0 saturated carbocycles. The van der Waals surface area contributed by atoms with Gasteiger partial charge in [0.2, 0.25) is 0 Å². The maximum Gasteiger partial charge on any atom is 0.164 e. The van der Waals surface area contributed by atoms with Crippen molar-refractivity contribution >= 4 is 32.7 Å². The Kier molecular flexibility index (Phi) is 7.17. The van der Waals surface area contributed by atoms with E-state index in [1.807, 2.05) is 72.8 Å². The molecule has 10 aromatic rings. The molecule has 4 nitrogen and oxygen atoms in total. The first kappa shape index (κ1) is 32.3. The van der Waals surface area contributed by atoms with Gasteiger partial charge in [0.25, 0.3) is 0 Å². The molecular formula is C52H35N3O. The Morgan fingerprint density at radius 1 is 0.375 bits per heavy atom. The Balaban J connectivity index is 0.987. The van der Waals surface area contributed by atoms with E-state index in [9.17, 15) is 0 Å². The van der Waals surface area contributed by atoms with Crippen molar-refractivity contribution < 1.29 is 4.42 Å². The van der Waals surface area contributed by atoms with Crippen LogP contribution < -0.4 is 0 Å². The van der Waals surface area contributed by atoms with Gasteiger partial charge in [-0.2, -0.15) is 0 Å². The highest BCUT2D eigenvalue weighted by Gasteiger charge is 2.35. The van der Waals surface area contributed by atoms with Crippen LogP contribution in [0.15, 0.2) is 180 Å². The monoisotopic (exact) mass is 717 g/mol. The van der Waals surface area contributed by atoms with Crippen molar-refractivity contribution in [3.63, 3.8) is 0 Å². The van der Waals surface area contributed by atoms with Crippen molar-refractivity contribution in [2.24, 2.45) is 0 Å². The third kappa shape index (κ3) is 5.18. The molecule has 0 unspecified atom stereocenters. The Bertz CT molecular complexity index is 3100. The van der Waals surface area contributed by atoms with Gasteiger partial charge in [0.05, 0.1) is 0 Å². The van der Waals surface area contributed by atoms with Gasteiger partial charge < -0.3 is 4.42 Å². The zero-order chi connectivity index (χ0) is 37.4. The molecule has 8 aromatic carbocycles. The Hall–Kier alpha value is -7.17. The Morgan fingerprint density at radius 2 is 0.911 bits per heavy atom. The first-order valence-electron chi connectivity index (χ1n) is 19.1. The lowest BCUT2D eigenvalue weighted by Crippen LogP contribution is -2.14. The standard InChI is InChI=1S/C52H35N3O/c1-52(2)44-18-10-9-16-40(44)41-26-24-39(31-45(41)52)37-23-21-34-28-36(22-20-35(34)29-37)38-25-27-46-43(30-38)48-42(17-11-19-47(48)56-46)51-54-49(32-12-5-3-6-13-32)53-50(55-51)33-14-7-4-8-15-33/h3-31H,1-2H3. The summed E-state index contributed by atoms with van der Waals surface area (Å²) in [7, 11) is 0. The summed E-state index contributed by atoms with van der Waals surface area (Å²) in [6.45, 7) is 4.68. The molecule has 56 heavy (non-hydrogen) atoms. The first-order chi connectivity index (χ1) is 27.5. The van der Waals surface area contributed by atoms with E-state index in [2.05, 4.69) is 117 Å². The molecule has 0 amide bonds. The largest absolute Gasteiger partial charge is 0.456 e. The summed E-state index contributed by atoms with van der Waals surface area (Å²) in [5, 5.41) is 4.42. The van der Waals surface area contributed by atoms with Crippen LogP contribution in [0.25, 0.3) is 100 Å². The van der Waals surface area contributed by atoms with Crippen LogP contribution in [-0.2, 0) is 5.41 Å². The molecule has 0 N–H and O–H groups in total. The normalized spacial score (nSPS) is 13.0. The Morgan fingerprint density at radius 3 is 1.61 bits per heavy atom. The molecule has 2 aromatic heterocycles. The molecule has 4 heteroatoms. The number of furan rings is 1. The summed E-state index contributed by atoms with van der Waals surface area (Å²) in [4.78, 5) is 15.0. The van der Waals surface area contributed by atoms with Crippen LogP contribution in [-0.4, -0.2) is 15.0 Å². The molecule has 0 atom stereocenters. The molecule has 0 aliphatic heterocycles. The van der Waals surface area contributed by atoms with Crippen molar-refractivity contribution in [2.75, 3.05) is 0 Å². The molecule has 0 radical (unpaired) electrons. The molecule has 0 saturated heterocycles. The minimum Gasteiger partial charge on any atom is -0.456 e. The quantitative estimate of drug-likeness (QED) is 0.178. The van der Waals surface area contributed by atoms with Crippen molar-refractivity contribution in [2.45, 2.75) is 19.3 Å². The molecule has 0 bridgehead atoms. The number of fused-ring (bicyclic) bond motifs is 7. The minimum atomic E-state index is -0.0304. The highest BCUT2D eigenvalue weighted by atomic mass is 16.3. The van der Waals surface area contributed by atoms with Gasteiger partial charge in [-0.3, -0.25) is 0 Å². The third-order valence-electron chi connectivity index (χ3n) is 11.5. The average Bonchev–Trinajstić information content (AvgIpc) is 3.75. The van der Waals surface area contributed by atoms with Crippen LogP contribution in [0.5, 0.6) is 0 Å². The first-order valence-corrected chi connectivity index (χ1v) is 19.1. The number of rotatable bonds is 5. The molecule has 0 spiro atoms. The second-order valence-electron chi connectivity index (χ2n) is 15.2. The van der Waals surface area contributed by atoms with Crippen LogP contribution in [0.2, 0.25) is 0 Å². The van der Waals surface area contributed by atoms with Crippen molar-refractivity contribution in [3.8, 4) is 67.5 Å². The summed E-state index contributed by atoms with van der Waals surface area (Å²) in [6, 6.07) is 62.1. The van der Waals surface area contributed by atoms with Crippen LogP contribution in [0.4, 0.5) is 0 Å².